The molecule has 2 rings (SSSR count). The Morgan fingerprint density at radius 1 is 1.24 bits per heavy atom. The van der Waals surface area contributed by atoms with Crippen molar-refractivity contribution in [2.45, 2.75) is 32.0 Å². The molecule has 2 aromatic rings. The lowest BCUT2D eigenvalue weighted by Crippen LogP contribution is -2.15. The second kappa shape index (κ2) is 5.94. The first-order chi connectivity index (χ1) is 9.77. The summed E-state index contributed by atoms with van der Waals surface area (Å²) in [6.07, 6.45) is 0. The molecule has 21 heavy (non-hydrogen) atoms. The van der Waals surface area contributed by atoms with Gasteiger partial charge in [-0.3, -0.25) is 4.57 Å². The van der Waals surface area contributed by atoms with Crippen LogP contribution >= 0.6 is 23.2 Å². The minimum absolute atomic E-state index is 0.0355. The number of benzene rings is 1. The quantitative estimate of drug-likeness (QED) is 0.846. The normalized spacial score (nSPS) is 12.1. The van der Waals surface area contributed by atoms with E-state index in [9.17, 15) is 8.42 Å². The zero-order valence-corrected chi connectivity index (χ0v) is 14.2. The fourth-order valence-corrected chi connectivity index (χ4v) is 3.45. The second-order valence-electron chi connectivity index (χ2n) is 4.80. The van der Waals surface area contributed by atoms with Gasteiger partial charge in [-0.15, -0.1) is 10.2 Å². The molecular weight excluding hydrogens is 333 g/mol. The monoisotopic (exact) mass is 347 g/mol. The van der Waals surface area contributed by atoms with Crippen LogP contribution in [0.1, 0.15) is 26.8 Å². The Hall–Kier alpha value is -1.11. The molecule has 0 fully saturated rings. The molecule has 0 saturated heterocycles. The van der Waals surface area contributed by atoms with Gasteiger partial charge < -0.3 is 0 Å². The largest absolute Gasteiger partial charge is 0.295 e. The molecule has 0 aliphatic heterocycles. The molecule has 1 heterocycles. The Balaban J connectivity index is 2.71. The Morgan fingerprint density at radius 2 is 1.90 bits per heavy atom. The van der Waals surface area contributed by atoms with Crippen LogP contribution in [-0.2, 0) is 9.84 Å². The molecule has 114 valence electrons. The number of hydrogen-bond donors (Lipinski definition) is 0. The zero-order chi connectivity index (χ0) is 15.8. The van der Waals surface area contributed by atoms with Gasteiger partial charge in [0.2, 0.25) is 15.0 Å². The summed E-state index contributed by atoms with van der Waals surface area (Å²) in [5.41, 5.74) is 0.597. The molecule has 5 nitrogen and oxygen atoms in total. The number of halogens is 2. The number of nitrogens with zero attached hydrogens (tertiary/aromatic N) is 3. The first-order valence-corrected chi connectivity index (χ1v) is 8.81. The molecule has 0 saturated carbocycles. The minimum Gasteiger partial charge on any atom is -0.295 e. The maximum absolute atomic E-state index is 12.1. The topological polar surface area (TPSA) is 64.8 Å². The fourth-order valence-electron chi connectivity index (χ4n) is 1.94. The van der Waals surface area contributed by atoms with Crippen molar-refractivity contribution in [2.24, 2.45) is 0 Å². The highest BCUT2D eigenvalue weighted by atomic mass is 35.5. The van der Waals surface area contributed by atoms with Crippen molar-refractivity contribution in [2.75, 3.05) is 5.75 Å². The van der Waals surface area contributed by atoms with Gasteiger partial charge in [-0.05, 0) is 32.0 Å². The summed E-state index contributed by atoms with van der Waals surface area (Å²) >= 11 is 12.1. The predicted molar refractivity (Wildman–Crippen MR) is 83.6 cm³/mol. The van der Waals surface area contributed by atoms with Gasteiger partial charge in [-0.2, -0.15) is 0 Å². The summed E-state index contributed by atoms with van der Waals surface area (Å²) in [6, 6.07) is 4.84. The molecule has 0 aliphatic rings. The molecular formula is C13H15Cl2N3O2S. The fraction of sp³-hybridized carbons (Fsp3) is 0.385. The lowest BCUT2D eigenvalue weighted by atomic mass is 10.2. The summed E-state index contributed by atoms with van der Waals surface area (Å²) in [4.78, 5) is 0. The van der Waals surface area contributed by atoms with Gasteiger partial charge in [0.25, 0.3) is 0 Å². The van der Waals surface area contributed by atoms with E-state index in [2.05, 4.69) is 10.2 Å². The second-order valence-corrected chi connectivity index (χ2v) is 7.81. The van der Waals surface area contributed by atoms with Crippen LogP contribution in [0.25, 0.3) is 11.4 Å². The van der Waals surface area contributed by atoms with Crippen LogP contribution in [0.5, 0.6) is 0 Å². The molecule has 0 radical (unpaired) electrons. The Kier molecular flexibility index (Phi) is 4.60. The van der Waals surface area contributed by atoms with Gasteiger partial charge in [0.05, 0.1) is 10.8 Å². The third kappa shape index (κ3) is 3.07. The number of hydrogen-bond acceptors (Lipinski definition) is 4. The summed E-state index contributed by atoms with van der Waals surface area (Å²) in [5, 5.41) is 8.73. The van der Waals surface area contributed by atoms with E-state index in [0.29, 0.717) is 21.4 Å². The predicted octanol–water partition coefficient (Wildman–Crippen LogP) is 3.63. The van der Waals surface area contributed by atoms with Gasteiger partial charge >= 0.3 is 0 Å². The average Bonchev–Trinajstić information content (AvgIpc) is 2.84. The average molecular weight is 348 g/mol. The summed E-state index contributed by atoms with van der Waals surface area (Å²) in [6.45, 7) is 5.31. The third-order valence-electron chi connectivity index (χ3n) is 3.01. The van der Waals surface area contributed by atoms with E-state index in [1.165, 1.54) is 0 Å². The van der Waals surface area contributed by atoms with Crippen LogP contribution in [-0.4, -0.2) is 28.9 Å². The molecule has 0 bridgehead atoms. The number of rotatable bonds is 4. The molecule has 0 N–H and O–H groups in total. The molecule has 1 aromatic carbocycles. The third-order valence-corrected chi connectivity index (χ3v) is 5.15. The van der Waals surface area contributed by atoms with Crippen molar-refractivity contribution >= 4 is 33.0 Å². The van der Waals surface area contributed by atoms with Crippen molar-refractivity contribution in [3.8, 4) is 11.4 Å². The Morgan fingerprint density at radius 3 is 2.43 bits per heavy atom. The molecule has 8 heteroatoms. The van der Waals surface area contributed by atoms with Crippen LogP contribution in [0, 0.1) is 0 Å². The van der Waals surface area contributed by atoms with E-state index in [4.69, 9.17) is 23.2 Å². The molecule has 1 aromatic heterocycles. The first-order valence-electron chi connectivity index (χ1n) is 6.41. The van der Waals surface area contributed by atoms with Crippen LogP contribution < -0.4 is 0 Å². The highest BCUT2D eigenvalue weighted by molar-refractivity contribution is 7.91. The van der Waals surface area contributed by atoms with E-state index in [-0.39, 0.29) is 17.0 Å². The zero-order valence-electron chi connectivity index (χ0n) is 11.8. The van der Waals surface area contributed by atoms with Gasteiger partial charge in [0, 0.05) is 16.6 Å². The van der Waals surface area contributed by atoms with Gasteiger partial charge in [0.1, 0.15) is 0 Å². The van der Waals surface area contributed by atoms with Crippen molar-refractivity contribution in [3.05, 3.63) is 28.2 Å². The van der Waals surface area contributed by atoms with E-state index < -0.39 is 9.84 Å². The molecule has 0 atom stereocenters. The number of sulfone groups is 1. The van der Waals surface area contributed by atoms with Crippen molar-refractivity contribution in [1.29, 1.82) is 0 Å². The van der Waals surface area contributed by atoms with E-state index in [1.807, 2.05) is 13.8 Å². The van der Waals surface area contributed by atoms with Crippen LogP contribution in [0.4, 0.5) is 0 Å². The molecule has 0 unspecified atom stereocenters. The number of aromatic nitrogens is 3. The van der Waals surface area contributed by atoms with Gasteiger partial charge in [0.15, 0.2) is 5.82 Å². The van der Waals surface area contributed by atoms with E-state index in [1.54, 1.807) is 29.7 Å². The van der Waals surface area contributed by atoms with Gasteiger partial charge in [-0.1, -0.05) is 30.1 Å². The molecule has 0 aliphatic carbocycles. The van der Waals surface area contributed by atoms with Crippen LogP contribution in [0.3, 0.4) is 0 Å². The molecule has 0 spiro atoms. The summed E-state index contributed by atoms with van der Waals surface area (Å²) in [7, 11) is -3.46. The molecule has 0 amide bonds. The highest BCUT2D eigenvalue weighted by Gasteiger charge is 2.26. The lowest BCUT2D eigenvalue weighted by Gasteiger charge is -2.14. The first kappa shape index (κ1) is 16.3. The summed E-state index contributed by atoms with van der Waals surface area (Å²) in [5.74, 6) is 0.380. The van der Waals surface area contributed by atoms with Crippen LogP contribution in [0.15, 0.2) is 23.4 Å². The van der Waals surface area contributed by atoms with Crippen molar-refractivity contribution in [1.82, 2.24) is 14.8 Å². The standard InChI is InChI=1S/C13H15Cl2N3O2S/c1-4-21(19,20)13-17-16-12(18(13)8(2)3)10-6-5-9(14)7-11(10)15/h5-8H,4H2,1-3H3. The van der Waals surface area contributed by atoms with Crippen LogP contribution in [0.2, 0.25) is 10.0 Å². The Bertz CT molecular complexity index is 770. The lowest BCUT2D eigenvalue weighted by molar-refractivity contribution is 0.524. The SMILES string of the molecule is CCS(=O)(=O)c1nnc(-c2ccc(Cl)cc2Cl)n1C(C)C. The maximum Gasteiger partial charge on any atom is 0.250 e. The minimum atomic E-state index is -3.46. The Labute approximate surface area is 133 Å². The maximum atomic E-state index is 12.1. The smallest absolute Gasteiger partial charge is 0.250 e. The van der Waals surface area contributed by atoms with Crippen molar-refractivity contribution in [3.63, 3.8) is 0 Å². The summed E-state index contributed by atoms with van der Waals surface area (Å²) < 4.78 is 25.8. The highest BCUT2D eigenvalue weighted by Crippen LogP contribution is 2.32. The van der Waals surface area contributed by atoms with E-state index in [0.717, 1.165) is 0 Å². The van der Waals surface area contributed by atoms with Gasteiger partial charge in [-0.25, -0.2) is 8.42 Å². The van der Waals surface area contributed by atoms with Crippen molar-refractivity contribution < 1.29 is 8.42 Å². The van der Waals surface area contributed by atoms with E-state index >= 15 is 0 Å².